The molecule has 0 aliphatic rings. The molecule has 0 bridgehead atoms. The van der Waals surface area contributed by atoms with Gasteiger partial charge >= 0.3 is 0 Å². The van der Waals surface area contributed by atoms with Gasteiger partial charge in [0.05, 0.1) is 0 Å². The molecule has 0 aromatic carbocycles. The summed E-state index contributed by atoms with van der Waals surface area (Å²) in [7, 11) is 0. The van der Waals surface area contributed by atoms with E-state index >= 15 is 0 Å². The van der Waals surface area contributed by atoms with Crippen LogP contribution >= 0.6 is 22.2 Å². The Labute approximate surface area is 60.9 Å². The van der Waals surface area contributed by atoms with Gasteiger partial charge in [-0.2, -0.15) is 0 Å². The molecule has 1 unspecified atom stereocenters. The number of halogens is 2. The van der Waals surface area contributed by atoms with E-state index in [1.807, 2.05) is 13.5 Å². The Kier molecular flexibility index (Phi) is 3.10. The molecule has 0 amide bonds. The lowest BCUT2D eigenvalue weighted by Gasteiger charge is -2.14. The Morgan fingerprint density at radius 2 is 2.00 bits per heavy atom. The molecule has 0 aliphatic carbocycles. The van der Waals surface area contributed by atoms with Crippen LogP contribution in [0.3, 0.4) is 0 Å². The molecule has 8 heavy (non-hydrogen) atoms. The second-order valence-electron chi connectivity index (χ2n) is 1.98. The Hall–Kier alpha value is 0.537. The fraction of sp³-hybridized carbons (Fsp3) is 0.600. The second-order valence-corrected chi connectivity index (χ2v) is 10.1. The molecule has 0 radical (unpaired) electrons. The van der Waals surface area contributed by atoms with E-state index in [4.69, 9.17) is 22.2 Å². The zero-order valence-electron chi connectivity index (χ0n) is 5.12. The second kappa shape index (κ2) is 2.90. The van der Waals surface area contributed by atoms with E-state index in [0.717, 1.165) is 0 Å². The van der Waals surface area contributed by atoms with Crippen molar-refractivity contribution in [3.63, 3.8) is 0 Å². The molecule has 0 fully saturated rings. The third-order valence-corrected chi connectivity index (χ3v) is 5.05. The van der Waals surface area contributed by atoms with Crippen molar-refractivity contribution >= 4 is 28.9 Å². The molecule has 0 aliphatic heterocycles. The quantitative estimate of drug-likeness (QED) is 0.338. The number of allylic oxidation sites excluding steroid dienone is 1. The minimum Gasteiger partial charge on any atom is -0.146 e. The highest BCUT2D eigenvalue weighted by atomic mass is 35.7. The molecule has 0 nitrogen and oxygen atoms in total. The average molecular weight is 169 g/mol. The normalized spacial score (nSPS) is 15.5. The van der Waals surface area contributed by atoms with Crippen LogP contribution in [0.2, 0.25) is 12.1 Å². The Morgan fingerprint density at radius 1 is 1.62 bits per heavy atom. The molecule has 1 atom stereocenters. The van der Waals surface area contributed by atoms with Gasteiger partial charge in [0.1, 0.15) is 0 Å². The van der Waals surface area contributed by atoms with Crippen molar-refractivity contribution in [2.45, 2.75) is 19.0 Å². The minimum atomic E-state index is -1.93. The molecule has 0 spiro atoms. The zero-order chi connectivity index (χ0) is 6.78. The fourth-order valence-corrected chi connectivity index (χ4v) is 1.16. The van der Waals surface area contributed by atoms with Crippen molar-refractivity contribution in [1.82, 2.24) is 0 Å². The Bertz CT molecular complexity index is 84.9. The lowest BCUT2D eigenvalue weighted by molar-refractivity contribution is 1.18. The molecular formula is C5H10Cl2Si. The Balaban J connectivity index is 3.80. The van der Waals surface area contributed by atoms with E-state index in [1.54, 1.807) is 6.08 Å². The summed E-state index contributed by atoms with van der Waals surface area (Å²) in [4.78, 5) is 0. The van der Waals surface area contributed by atoms with Gasteiger partial charge in [-0.15, -0.1) is 28.7 Å². The molecule has 0 aromatic rings. The van der Waals surface area contributed by atoms with Gasteiger partial charge in [-0.05, 0) is 12.1 Å². The van der Waals surface area contributed by atoms with Gasteiger partial charge in [0.2, 0.25) is 0 Å². The van der Waals surface area contributed by atoms with E-state index in [2.05, 4.69) is 6.58 Å². The fourth-order valence-electron chi connectivity index (χ4n) is 0.207. The van der Waals surface area contributed by atoms with Gasteiger partial charge in [-0.3, -0.25) is 0 Å². The zero-order valence-corrected chi connectivity index (χ0v) is 7.63. The summed E-state index contributed by atoms with van der Waals surface area (Å²) in [6.07, 6.45) is 1.80. The van der Waals surface area contributed by atoms with Crippen LogP contribution in [0.15, 0.2) is 12.7 Å². The molecular weight excluding hydrogens is 159 g/mol. The molecule has 0 rings (SSSR count). The largest absolute Gasteiger partial charge is 0.254 e. The monoisotopic (exact) mass is 168 g/mol. The highest BCUT2D eigenvalue weighted by Gasteiger charge is 2.26. The van der Waals surface area contributed by atoms with E-state index in [0.29, 0.717) is 0 Å². The van der Waals surface area contributed by atoms with Gasteiger partial charge in [-0.1, -0.05) is 13.0 Å². The molecule has 0 aromatic heterocycles. The summed E-state index contributed by atoms with van der Waals surface area (Å²) in [5.41, 5.74) is 0.283. The van der Waals surface area contributed by atoms with Crippen LogP contribution in [-0.4, -0.2) is 6.69 Å². The van der Waals surface area contributed by atoms with Crippen molar-refractivity contribution in [1.29, 1.82) is 0 Å². The van der Waals surface area contributed by atoms with Crippen molar-refractivity contribution < 1.29 is 0 Å². The molecule has 48 valence electrons. The number of rotatable bonds is 2. The van der Waals surface area contributed by atoms with Crippen molar-refractivity contribution in [3.8, 4) is 0 Å². The number of hydrogen-bond donors (Lipinski definition) is 0. The van der Waals surface area contributed by atoms with Gasteiger partial charge < -0.3 is 0 Å². The van der Waals surface area contributed by atoms with Gasteiger partial charge in [-0.25, -0.2) is 0 Å². The van der Waals surface area contributed by atoms with E-state index in [9.17, 15) is 0 Å². The van der Waals surface area contributed by atoms with E-state index in [-0.39, 0.29) is 5.54 Å². The maximum absolute atomic E-state index is 5.82. The molecule has 0 saturated carbocycles. The first-order valence-electron chi connectivity index (χ1n) is 2.49. The molecule has 0 saturated heterocycles. The SMILES string of the molecule is C=CC(C)[Si](C)(Cl)Cl. The Morgan fingerprint density at radius 3 is 2.00 bits per heavy atom. The standard InChI is InChI=1S/C5H10Cl2Si/c1-4-5(2)8(3,6)7/h4-5H,1H2,2-3H3. The van der Waals surface area contributed by atoms with E-state index in [1.165, 1.54) is 0 Å². The maximum atomic E-state index is 5.82. The number of hydrogen-bond acceptors (Lipinski definition) is 0. The summed E-state index contributed by atoms with van der Waals surface area (Å²) in [6.45, 7) is 5.54. The third kappa shape index (κ3) is 2.75. The summed E-state index contributed by atoms with van der Waals surface area (Å²) in [5, 5.41) is 0. The van der Waals surface area contributed by atoms with Gasteiger partial charge in [0, 0.05) is 0 Å². The smallest absolute Gasteiger partial charge is 0.146 e. The predicted octanol–water partition coefficient (Wildman–Crippen LogP) is 3.11. The third-order valence-electron chi connectivity index (χ3n) is 1.15. The summed E-state index contributed by atoms with van der Waals surface area (Å²) in [6, 6.07) is 0. The molecule has 0 heterocycles. The predicted molar refractivity (Wildman–Crippen MR) is 42.9 cm³/mol. The summed E-state index contributed by atoms with van der Waals surface area (Å²) >= 11 is 11.6. The van der Waals surface area contributed by atoms with Crippen molar-refractivity contribution in [2.75, 3.05) is 0 Å². The van der Waals surface area contributed by atoms with E-state index < -0.39 is 6.69 Å². The minimum absolute atomic E-state index is 0.283. The maximum Gasteiger partial charge on any atom is 0.254 e. The highest BCUT2D eigenvalue weighted by Crippen LogP contribution is 2.29. The van der Waals surface area contributed by atoms with Crippen LogP contribution in [-0.2, 0) is 0 Å². The lowest BCUT2D eigenvalue weighted by Crippen LogP contribution is -2.17. The van der Waals surface area contributed by atoms with Crippen molar-refractivity contribution in [2.24, 2.45) is 0 Å². The first-order chi connectivity index (χ1) is 3.48. The van der Waals surface area contributed by atoms with Crippen LogP contribution in [0.1, 0.15) is 6.92 Å². The first-order valence-corrected chi connectivity index (χ1v) is 7.09. The molecule has 0 N–H and O–H groups in total. The van der Waals surface area contributed by atoms with Crippen LogP contribution < -0.4 is 0 Å². The summed E-state index contributed by atoms with van der Waals surface area (Å²) in [5.74, 6) is 0. The van der Waals surface area contributed by atoms with Gasteiger partial charge in [0.15, 0.2) is 0 Å². The summed E-state index contributed by atoms with van der Waals surface area (Å²) < 4.78 is 0. The van der Waals surface area contributed by atoms with Crippen LogP contribution in [0.5, 0.6) is 0 Å². The van der Waals surface area contributed by atoms with Gasteiger partial charge in [0.25, 0.3) is 6.69 Å². The van der Waals surface area contributed by atoms with Crippen LogP contribution in [0, 0.1) is 0 Å². The average Bonchev–Trinajstić information content (AvgIpc) is 1.62. The highest BCUT2D eigenvalue weighted by molar-refractivity contribution is 7.45. The lowest BCUT2D eigenvalue weighted by atomic mass is 10.5. The first kappa shape index (κ1) is 8.54. The molecule has 3 heteroatoms. The topological polar surface area (TPSA) is 0 Å². The van der Waals surface area contributed by atoms with Crippen LogP contribution in [0.4, 0.5) is 0 Å². The van der Waals surface area contributed by atoms with Crippen LogP contribution in [0.25, 0.3) is 0 Å². The van der Waals surface area contributed by atoms with Crippen molar-refractivity contribution in [3.05, 3.63) is 12.7 Å².